The molecule has 1 heterocycles. The SMILES string of the molecule is CCCCCCCCCCCC(=O)CCCNCC[C@H](N)C(=O)C[C@H](Cc1c[nH]c2cc(C)ccc12)C(=O)NCC[C@H](NC(=O)[C@@H](CCC(=O)O)NC(C)=O)C(=O)O. The molecule has 0 spiro atoms. The molecule has 0 unspecified atom stereocenters. The molecule has 0 aliphatic carbocycles. The van der Waals surface area contributed by atoms with Gasteiger partial charge in [-0.15, -0.1) is 0 Å². The van der Waals surface area contributed by atoms with Gasteiger partial charge < -0.3 is 42.2 Å². The minimum Gasteiger partial charge on any atom is -0.481 e. The largest absolute Gasteiger partial charge is 0.481 e. The minimum atomic E-state index is -1.45. The summed E-state index contributed by atoms with van der Waals surface area (Å²) in [6, 6.07) is 2.34. The zero-order chi connectivity index (χ0) is 42.9. The fourth-order valence-electron chi connectivity index (χ4n) is 6.89. The summed E-state index contributed by atoms with van der Waals surface area (Å²) >= 11 is 0. The number of amides is 3. The van der Waals surface area contributed by atoms with Gasteiger partial charge in [0.15, 0.2) is 0 Å². The number of aromatic nitrogens is 1. The molecule has 58 heavy (non-hydrogen) atoms. The number of carboxylic acid groups (broad SMARTS) is 2. The lowest BCUT2D eigenvalue weighted by Crippen LogP contribution is -2.52. The highest BCUT2D eigenvalue weighted by Gasteiger charge is 2.29. The highest BCUT2D eigenvalue weighted by Crippen LogP contribution is 2.24. The number of hydrogen-bond acceptors (Lipinski definition) is 9. The standard InChI is InChI=1S/C43H68N6O9/c1-4-5-6-7-8-9-10-11-12-14-33(51)15-13-22-45-23-20-35(44)39(52)27-31(26-32-28-47-38-25-29(2)16-17-34(32)38)41(55)46-24-21-37(43(57)58)49-42(56)36(48-30(3)50)18-19-40(53)54/h16-17,25,28,31,35-37,45,47H,4-15,18-24,26-27,44H2,1-3H3,(H,46,55)(H,48,50)(H,49,56)(H,53,54)(H,57,58)/t31-,35-,36+,37-/m0/s1. The predicted molar refractivity (Wildman–Crippen MR) is 223 cm³/mol. The van der Waals surface area contributed by atoms with Gasteiger partial charge in [0.1, 0.15) is 23.7 Å². The third-order valence-corrected chi connectivity index (χ3v) is 10.3. The quantitative estimate of drug-likeness (QED) is 0.0462. The molecule has 1 aromatic carbocycles. The zero-order valence-electron chi connectivity index (χ0n) is 34.8. The van der Waals surface area contributed by atoms with Crippen LogP contribution in [0.3, 0.4) is 0 Å². The lowest BCUT2D eigenvalue weighted by Gasteiger charge is -2.22. The number of aryl methyl sites for hydroxylation is 1. The van der Waals surface area contributed by atoms with E-state index in [9.17, 15) is 38.7 Å². The van der Waals surface area contributed by atoms with E-state index < -0.39 is 60.1 Å². The fourth-order valence-corrected chi connectivity index (χ4v) is 6.89. The van der Waals surface area contributed by atoms with Crippen LogP contribution in [0.5, 0.6) is 0 Å². The first kappa shape index (κ1) is 49.5. The summed E-state index contributed by atoms with van der Waals surface area (Å²) < 4.78 is 0. The van der Waals surface area contributed by atoms with Crippen LogP contribution in [0, 0.1) is 12.8 Å². The molecule has 0 fully saturated rings. The molecule has 1 aromatic heterocycles. The number of aliphatic carboxylic acids is 2. The number of aromatic amines is 1. The number of ketones is 2. The van der Waals surface area contributed by atoms with Gasteiger partial charge in [-0.3, -0.25) is 28.8 Å². The molecule has 15 heteroatoms. The molecule has 15 nitrogen and oxygen atoms in total. The Balaban J connectivity index is 1.90. The molecule has 0 saturated heterocycles. The molecule has 4 atom stereocenters. The first-order valence-corrected chi connectivity index (χ1v) is 21.1. The van der Waals surface area contributed by atoms with Crippen molar-refractivity contribution < 1.29 is 43.8 Å². The second-order valence-electron chi connectivity index (χ2n) is 15.5. The number of carbonyl (C=O) groups excluding carboxylic acids is 5. The molecule has 324 valence electrons. The third-order valence-electron chi connectivity index (χ3n) is 10.3. The van der Waals surface area contributed by atoms with E-state index in [1.165, 1.54) is 44.9 Å². The molecule has 0 bridgehead atoms. The highest BCUT2D eigenvalue weighted by molar-refractivity contribution is 5.92. The van der Waals surface area contributed by atoms with Crippen molar-refractivity contribution in [2.24, 2.45) is 11.7 Å². The summed E-state index contributed by atoms with van der Waals surface area (Å²) in [6.45, 7) is 6.27. The van der Waals surface area contributed by atoms with E-state index in [0.29, 0.717) is 38.8 Å². The number of unbranched alkanes of at least 4 members (excludes halogenated alkanes) is 8. The van der Waals surface area contributed by atoms with Gasteiger partial charge in [0, 0.05) is 62.2 Å². The molecule has 2 aromatic rings. The smallest absolute Gasteiger partial charge is 0.326 e. The lowest BCUT2D eigenvalue weighted by atomic mass is 9.90. The number of carboxylic acids is 2. The fraction of sp³-hybridized carbons (Fsp3) is 0.651. The van der Waals surface area contributed by atoms with Crippen molar-refractivity contribution >= 4 is 52.1 Å². The topological polar surface area (TPSA) is 250 Å². The van der Waals surface area contributed by atoms with E-state index in [0.717, 1.165) is 41.8 Å². The van der Waals surface area contributed by atoms with Crippen molar-refractivity contribution in [2.75, 3.05) is 19.6 Å². The predicted octanol–water partition coefficient (Wildman–Crippen LogP) is 4.62. The second kappa shape index (κ2) is 27.9. The van der Waals surface area contributed by atoms with Crippen LogP contribution in [0.4, 0.5) is 0 Å². The maximum Gasteiger partial charge on any atom is 0.326 e. The van der Waals surface area contributed by atoms with Gasteiger partial charge in [-0.1, -0.05) is 70.4 Å². The van der Waals surface area contributed by atoms with E-state index >= 15 is 0 Å². The Morgan fingerprint density at radius 1 is 0.759 bits per heavy atom. The van der Waals surface area contributed by atoms with Crippen LogP contribution in [-0.4, -0.2) is 94.2 Å². The van der Waals surface area contributed by atoms with Gasteiger partial charge in [0.05, 0.1) is 6.04 Å². The summed E-state index contributed by atoms with van der Waals surface area (Å²) in [6.07, 6.45) is 14.1. The Bertz CT molecular complexity index is 1630. The van der Waals surface area contributed by atoms with Crippen LogP contribution in [0.25, 0.3) is 10.9 Å². The molecule has 0 saturated carbocycles. The van der Waals surface area contributed by atoms with E-state index in [4.69, 9.17) is 10.8 Å². The Morgan fingerprint density at radius 2 is 1.43 bits per heavy atom. The van der Waals surface area contributed by atoms with Crippen LogP contribution >= 0.6 is 0 Å². The number of hydrogen-bond donors (Lipinski definition) is 8. The summed E-state index contributed by atoms with van der Waals surface area (Å²) in [5.74, 6) is -5.37. The second-order valence-corrected chi connectivity index (χ2v) is 15.5. The van der Waals surface area contributed by atoms with Gasteiger partial charge in [0.25, 0.3) is 0 Å². The number of Topliss-reactive ketones (excluding diaryl/α,β-unsaturated/α-hetero) is 2. The van der Waals surface area contributed by atoms with Crippen molar-refractivity contribution in [1.29, 1.82) is 0 Å². The third kappa shape index (κ3) is 20.2. The number of benzene rings is 1. The van der Waals surface area contributed by atoms with E-state index in [1.807, 2.05) is 25.1 Å². The van der Waals surface area contributed by atoms with Crippen molar-refractivity contribution in [2.45, 2.75) is 154 Å². The van der Waals surface area contributed by atoms with E-state index in [-0.39, 0.29) is 43.8 Å². The molecule has 3 amide bonds. The minimum absolute atomic E-state index is 0.153. The van der Waals surface area contributed by atoms with Gasteiger partial charge in [-0.25, -0.2) is 4.79 Å². The molecule has 2 rings (SSSR count). The molecule has 0 radical (unpaired) electrons. The van der Waals surface area contributed by atoms with Crippen LogP contribution in [0.15, 0.2) is 24.4 Å². The Kier molecular flexibility index (Phi) is 23.8. The Morgan fingerprint density at radius 3 is 2.09 bits per heavy atom. The Labute approximate surface area is 342 Å². The van der Waals surface area contributed by atoms with Crippen molar-refractivity contribution in [3.05, 3.63) is 35.5 Å². The summed E-state index contributed by atoms with van der Waals surface area (Å²) in [4.78, 5) is 90.0. The van der Waals surface area contributed by atoms with Crippen LogP contribution in [0.2, 0.25) is 0 Å². The van der Waals surface area contributed by atoms with Crippen molar-refractivity contribution in [3.63, 3.8) is 0 Å². The van der Waals surface area contributed by atoms with Gasteiger partial charge in [-0.2, -0.15) is 0 Å². The summed E-state index contributed by atoms with van der Waals surface area (Å²) in [7, 11) is 0. The number of nitrogens with one attached hydrogen (secondary N) is 5. The maximum atomic E-state index is 13.6. The molecule has 0 aliphatic heterocycles. The summed E-state index contributed by atoms with van der Waals surface area (Å²) in [5.41, 5.74) is 9.06. The lowest BCUT2D eigenvalue weighted by molar-refractivity contribution is -0.143. The van der Waals surface area contributed by atoms with Crippen LogP contribution < -0.4 is 27.0 Å². The van der Waals surface area contributed by atoms with Gasteiger partial charge in [0.2, 0.25) is 17.7 Å². The normalized spacial score (nSPS) is 13.3. The first-order valence-electron chi connectivity index (χ1n) is 21.1. The molecule has 0 aliphatic rings. The van der Waals surface area contributed by atoms with Crippen molar-refractivity contribution in [3.8, 4) is 0 Å². The van der Waals surface area contributed by atoms with Crippen LogP contribution in [-0.2, 0) is 40.0 Å². The van der Waals surface area contributed by atoms with Gasteiger partial charge >= 0.3 is 11.9 Å². The average Bonchev–Trinajstić information content (AvgIpc) is 3.56. The monoisotopic (exact) mass is 813 g/mol. The number of rotatable bonds is 33. The molecule has 9 N–H and O–H groups in total. The number of fused-ring (bicyclic) bond motifs is 1. The van der Waals surface area contributed by atoms with Gasteiger partial charge in [-0.05, 0) is 75.7 Å². The Hall–Kier alpha value is -4.63. The zero-order valence-corrected chi connectivity index (χ0v) is 34.8. The van der Waals surface area contributed by atoms with E-state index in [1.54, 1.807) is 6.20 Å². The number of H-pyrrole nitrogens is 1. The van der Waals surface area contributed by atoms with E-state index in [2.05, 4.69) is 33.2 Å². The number of nitrogens with two attached hydrogens (primary N) is 1. The molecular weight excluding hydrogens is 745 g/mol. The van der Waals surface area contributed by atoms with Crippen LogP contribution in [0.1, 0.15) is 134 Å². The summed E-state index contributed by atoms with van der Waals surface area (Å²) in [5, 5.41) is 30.3. The molecular formula is C43H68N6O9. The first-order chi connectivity index (χ1) is 27.7. The average molecular weight is 813 g/mol. The van der Waals surface area contributed by atoms with Crippen molar-refractivity contribution in [1.82, 2.24) is 26.3 Å². The highest BCUT2D eigenvalue weighted by atomic mass is 16.4. The maximum absolute atomic E-state index is 13.6. The number of carbonyl (C=O) groups is 7.